The molecule has 2 aromatic heterocycles. The number of hydrogen-bond acceptors (Lipinski definition) is 18. The highest BCUT2D eigenvalue weighted by atomic mass is 31.3. The third-order valence-electron chi connectivity index (χ3n) is 11.3. The van der Waals surface area contributed by atoms with Crippen molar-refractivity contribution in [1.82, 2.24) is 30.2 Å². The summed E-state index contributed by atoms with van der Waals surface area (Å²) in [6.45, 7) is 7.51. The first-order chi connectivity index (χ1) is 31.9. The average molecular weight is 1040 g/mol. The number of allylic oxidation sites excluding steroid dienone is 2. The number of aromatic nitrogens is 4. The summed E-state index contributed by atoms with van der Waals surface area (Å²) < 4.78 is 62.5. The van der Waals surface area contributed by atoms with Crippen LogP contribution >= 0.6 is 23.5 Å². The zero-order valence-electron chi connectivity index (χ0n) is 39.5. The number of ether oxygens (including phenoxy) is 1. The predicted octanol–water partition coefficient (Wildman–Crippen LogP) is 3.57. The standard InChI is InChI=1S/C40H68N7O19P3/c1-38(2,18-14-12-10-8-7-9-11-13-15-19-39(3,4)37(53)54)27(48)16-20-42-28(49)17-21-43-35(52)32(51)40(5,6)23-63-69(60,61)66-68(58,59)62-22-26-31(65-67(55,56)57)30(50)36(64-26)47-25-46-29-33(41)44-24-45-34(29)47/h7,9,24-26,30-32,36,50-51H,8,10-23H2,1-6H3,(H,42,49)(H,43,52)(H,53,54)(H,58,59)(H,60,61)(H2,41,44,45)(H2,55,56,57)/b9-7+. The van der Waals surface area contributed by atoms with Gasteiger partial charge in [-0.15, -0.1) is 0 Å². The van der Waals surface area contributed by atoms with Gasteiger partial charge in [0.2, 0.25) is 11.8 Å². The van der Waals surface area contributed by atoms with Crippen LogP contribution in [-0.2, 0) is 55.5 Å². The Morgan fingerprint density at radius 1 is 0.855 bits per heavy atom. The summed E-state index contributed by atoms with van der Waals surface area (Å²) in [7, 11) is -16.5. The molecule has 0 aromatic carbocycles. The number of anilines is 1. The van der Waals surface area contributed by atoms with Crippen LogP contribution in [0.3, 0.4) is 0 Å². The number of fused-ring (bicyclic) bond motifs is 1. The highest BCUT2D eigenvalue weighted by Gasteiger charge is 2.50. The molecule has 1 saturated heterocycles. The molecule has 392 valence electrons. The maximum atomic E-state index is 12.9. The van der Waals surface area contributed by atoms with E-state index in [2.05, 4.69) is 46.6 Å². The summed E-state index contributed by atoms with van der Waals surface area (Å²) in [6, 6.07) is 0. The number of aliphatic carboxylic acids is 1. The predicted molar refractivity (Wildman–Crippen MR) is 245 cm³/mol. The van der Waals surface area contributed by atoms with Crippen LogP contribution in [0.25, 0.3) is 11.2 Å². The Bertz CT molecular complexity index is 2240. The van der Waals surface area contributed by atoms with E-state index in [-0.39, 0.29) is 48.7 Å². The lowest BCUT2D eigenvalue weighted by Gasteiger charge is -2.30. The molecule has 0 aliphatic carbocycles. The number of imidazole rings is 1. The lowest BCUT2D eigenvalue weighted by atomic mass is 9.81. The van der Waals surface area contributed by atoms with E-state index in [1.54, 1.807) is 13.8 Å². The minimum absolute atomic E-state index is 0.0110. The summed E-state index contributed by atoms with van der Waals surface area (Å²) in [5.41, 5.74) is 2.95. The van der Waals surface area contributed by atoms with Gasteiger partial charge in [-0.25, -0.2) is 28.6 Å². The Morgan fingerprint density at radius 2 is 1.45 bits per heavy atom. The number of carbonyl (C=O) groups excluding carboxylic acids is 3. The van der Waals surface area contributed by atoms with Gasteiger partial charge >= 0.3 is 29.4 Å². The Morgan fingerprint density at radius 3 is 2.09 bits per heavy atom. The van der Waals surface area contributed by atoms with Crippen molar-refractivity contribution >= 4 is 64.0 Å². The Kier molecular flexibility index (Phi) is 22.2. The quantitative estimate of drug-likeness (QED) is 0.0284. The van der Waals surface area contributed by atoms with Gasteiger partial charge in [-0.1, -0.05) is 59.1 Å². The number of carboxylic acid groups (broad SMARTS) is 1. The number of carbonyl (C=O) groups is 4. The first-order valence-corrected chi connectivity index (χ1v) is 26.7. The Labute approximate surface area is 399 Å². The largest absolute Gasteiger partial charge is 0.481 e. The number of ketones is 1. The number of nitrogens with two attached hydrogens (primary N) is 1. The summed E-state index contributed by atoms with van der Waals surface area (Å²) in [4.78, 5) is 100. The molecule has 2 amide bonds. The fraction of sp³-hybridized carbons (Fsp3) is 0.725. The third-order valence-corrected chi connectivity index (χ3v) is 14.4. The number of rotatable bonds is 32. The number of phosphoric ester groups is 3. The summed E-state index contributed by atoms with van der Waals surface area (Å²) in [5.74, 6) is -2.31. The third kappa shape index (κ3) is 19.5. The van der Waals surface area contributed by atoms with Crippen molar-refractivity contribution < 1.29 is 90.4 Å². The molecule has 29 heteroatoms. The maximum Gasteiger partial charge on any atom is 0.481 e. The van der Waals surface area contributed by atoms with Crippen LogP contribution in [0.2, 0.25) is 0 Å². The van der Waals surface area contributed by atoms with Gasteiger partial charge in [-0.3, -0.25) is 37.3 Å². The molecule has 3 heterocycles. The zero-order chi connectivity index (χ0) is 52.0. The van der Waals surface area contributed by atoms with Crippen molar-refractivity contribution in [3.8, 4) is 0 Å². The number of aliphatic hydroxyl groups excluding tert-OH is 2. The van der Waals surface area contributed by atoms with Crippen LogP contribution in [0.1, 0.15) is 118 Å². The summed E-state index contributed by atoms with van der Waals surface area (Å²) >= 11 is 0. The van der Waals surface area contributed by atoms with E-state index >= 15 is 0 Å². The lowest BCUT2D eigenvalue weighted by molar-refractivity contribution is -0.147. The first-order valence-electron chi connectivity index (χ1n) is 22.2. The van der Waals surface area contributed by atoms with E-state index in [1.807, 2.05) is 13.8 Å². The molecule has 0 radical (unpaired) electrons. The molecule has 1 aliphatic rings. The molecular weight excluding hydrogens is 975 g/mol. The fourth-order valence-electron chi connectivity index (χ4n) is 6.91. The first kappa shape index (κ1) is 59.7. The second-order valence-electron chi connectivity index (χ2n) is 18.6. The van der Waals surface area contributed by atoms with Crippen LogP contribution in [0.15, 0.2) is 24.8 Å². The van der Waals surface area contributed by atoms with Crippen LogP contribution in [0, 0.1) is 16.2 Å². The number of Topliss-reactive ketones (excluding diaryl/α,β-unsaturated/α-hetero) is 1. The van der Waals surface area contributed by atoms with Crippen molar-refractivity contribution in [2.75, 3.05) is 32.0 Å². The van der Waals surface area contributed by atoms with E-state index < -0.39 is 101 Å². The fourth-order valence-corrected chi connectivity index (χ4v) is 9.74. The molecule has 7 unspecified atom stereocenters. The molecule has 2 aromatic rings. The normalized spacial score (nSPS) is 20.4. The summed E-state index contributed by atoms with van der Waals surface area (Å²) in [5, 5.41) is 35.8. The summed E-state index contributed by atoms with van der Waals surface area (Å²) in [6.07, 6.45) is 5.08. The number of amides is 2. The molecule has 0 saturated carbocycles. The van der Waals surface area contributed by atoms with Gasteiger partial charge in [-0.05, 0) is 52.4 Å². The van der Waals surface area contributed by atoms with Crippen LogP contribution < -0.4 is 16.4 Å². The number of aliphatic hydroxyl groups is 2. The van der Waals surface area contributed by atoms with E-state index in [1.165, 1.54) is 13.8 Å². The second kappa shape index (κ2) is 25.7. The van der Waals surface area contributed by atoms with Crippen LogP contribution in [0.5, 0.6) is 0 Å². The van der Waals surface area contributed by atoms with Crippen molar-refractivity contribution in [3.63, 3.8) is 0 Å². The SMILES string of the molecule is CC(C)(CCCC/C=C/CCCCCC(C)(C)C(=O)CCNC(=O)CCNC(=O)C(O)C(C)(C)COP(=O)(O)OP(=O)(O)OCC1OC(n2cnc3c(N)ncnc32)C(O)C1OP(=O)(O)O)C(=O)O. The van der Waals surface area contributed by atoms with Crippen molar-refractivity contribution in [2.45, 2.75) is 143 Å². The molecule has 0 bridgehead atoms. The molecular formula is C40H68N7O19P3. The highest BCUT2D eigenvalue weighted by Crippen LogP contribution is 2.61. The van der Waals surface area contributed by atoms with E-state index in [0.717, 1.165) is 62.2 Å². The molecule has 7 atom stereocenters. The zero-order valence-corrected chi connectivity index (χ0v) is 42.2. The molecule has 1 aliphatic heterocycles. The number of carboxylic acids is 1. The minimum atomic E-state index is -5.59. The number of phosphoric acid groups is 3. The van der Waals surface area contributed by atoms with Gasteiger partial charge in [0.1, 0.15) is 42.0 Å². The topological polar surface area (TPSA) is 401 Å². The smallest absolute Gasteiger partial charge is 0.481 e. The molecule has 1 fully saturated rings. The molecule has 0 spiro atoms. The van der Waals surface area contributed by atoms with Gasteiger partial charge < -0.3 is 56.0 Å². The number of nitrogen functional groups attached to an aromatic ring is 1. The van der Waals surface area contributed by atoms with E-state index in [9.17, 15) is 67.8 Å². The maximum absolute atomic E-state index is 12.9. The monoisotopic (exact) mass is 1040 g/mol. The molecule has 26 nitrogen and oxygen atoms in total. The number of nitrogens with zero attached hydrogens (tertiary/aromatic N) is 4. The van der Waals surface area contributed by atoms with Crippen molar-refractivity contribution in [2.24, 2.45) is 16.2 Å². The van der Waals surface area contributed by atoms with Gasteiger partial charge in [0.25, 0.3) is 0 Å². The van der Waals surface area contributed by atoms with Gasteiger partial charge in [0.15, 0.2) is 17.7 Å². The number of nitrogens with one attached hydrogen (secondary N) is 2. The van der Waals surface area contributed by atoms with Gasteiger partial charge in [0, 0.05) is 36.8 Å². The molecule has 3 rings (SSSR count). The number of unbranched alkanes of at least 4 members (excludes halogenated alkanes) is 5. The van der Waals surface area contributed by atoms with Crippen LogP contribution in [0.4, 0.5) is 5.82 Å². The lowest BCUT2D eigenvalue weighted by Crippen LogP contribution is -2.46. The Balaban J connectivity index is 1.36. The Hall–Kier alpha value is -3.58. The van der Waals surface area contributed by atoms with E-state index in [0.29, 0.717) is 12.8 Å². The van der Waals surface area contributed by atoms with Gasteiger partial charge in [0.05, 0.1) is 25.0 Å². The van der Waals surface area contributed by atoms with Crippen molar-refractivity contribution in [1.29, 1.82) is 0 Å². The minimum Gasteiger partial charge on any atom is -0.481 e. The van der Waals surface area contributed by atoms with Crippen LogP contribution in [-0.4, -0.2) is 129 Å². The molecule has 11 N–H and O–H groups in total. The average Bonchev–Trinajstić information content (AvgIpc) is 3.80. The van der Waals surface area contributed by atoms with Gasteiger partial charge in [-0.2, -0.15) is 4.31 Å². The van der Waals surface area contributed by atoms with Crippen molar-refractivity contribution in [3.05, 3.63) is 24.8 Å². The number of hydrogen-bond donors (Lipinski definition) is 10. The second-order valence-corrected chi connectivity index (χ2v) is 22.9. The highest BCUT2D eigenvalue weighted by molar-refractivity contribution is 7.61. The molecule has 69 heavy (non-hydrogen) atoms. The van der Waals surface area contributed by atoms with E-state index in [4.69, 9.17) is 19.5 Å².